The lowest BCUT2D eigenvalue weighted by molar-refractivity contribution is 0.982. The van der Waals surface area contributed by atoms with E-state index in [1.165, 1.54) is 11.5 Å². The summed E-state index contributed by atoms with van der Waals surface area (Å²) >= 11 is 3.54. The van der Waals surface area contributed by atoms with Crippen LogP contribution in [0.2, 0.25) is 0 Å². The van der Waals surface area contributed by atoms with Gasteiger partial charge in [-0.2, -0.15) is 16.7 Å². The van der Waals surface area contributed by atoms with Crippen LogP contribution < -0.4 is 11.1 Å². The standard InChI is InChI=1S/C11H16N4S2/c1-2-16-6-3-5-13-9-8-4-7-17-10(8)15-11(12)14-9/h4,7H,2-3,5-6H2,1H3,(H3,12,13,14,15). The van der Waals surface area contributed by atoms with Gasteiger partial charge in [-0.15, -0.1) is 11.3 Å². The van der Waals surface area contributed by atoms with Crippen molar-refractivity contribution in [2.75, 3.05) is 29.1 Å². The van der Waals surface area contributed by atoms with Crippen LogP contribution in [0.5, 0.6) is 0 Å². The van der Waals surface area contributed by atoms with E-state index < -0.39 is 0 Å². The first kappa shape index (κ1) is 12.4. The summed E-state index contributed by atoms with van der Waals surface area (Å²) in [6.07, 6.45) is 1.13. The van der Waals surface area contributed by atoms with Gasteiger partial charge in [0.2, 0.25) is 5.95 Å². The number of fused-ring (bicyclic) bond motifs is 1. The Bertz CT molecular complexity index is 483. The van der Waals surface area contributed by atoms with Crippen LogP contribution >= 0.6 is 23.1 Å². The van der Waals surface area contributed by atoms with Gasteiger partial charge in [-0.25, -0.2) is 4.98 Å². The zero-order valence-electron chi connectivity index (χ0n) is 9.77. The smallest absolute Gasteiger partial charge is 0.223 e. The van der Waals surface area contributed by atoms with Crippen LogP contribution in [0.3, 0.4) is 0 Å². The van der Waals surface area contributed by atoms with Gasteiger partial charge in [0, 0.05) is 6.54 Å². The number of nitrogens with two attached hydrogens (primary N) is 1. The summed E-state index contributed by atoms with van der Waals surface area (Å²) in [4.78, 5) is 9.39. The molecule has 0 aliphatic rings. The summed E-state index contributed by atoms with van der Waals surface area (Å²) in [5.74, 6) is 3.55. The summed E-state index contributed by atoms with van der Waals surface area (Å²) in [6, 6.07) is 2.03. The van der Waals surface area contributed by atoms with Gasteiger partial charge in [-0.3, -0.25) is 0 Å². The van der Waals surface area contributed by atoms with E-state index in [0.29, 0.717) is 5.95 Å². The maximum absolute atomic E-state index is 5.68. The van der Waals surface area contributed by atoms with Crippen molar-refractivity contribution in [2.24, 2.45) is 0 Å². The number of aromatic nitrogens is 2. The third-order valence-corrected chi connectivity index (χ3v) is 4.10. The Hall–Kier alpha value is -1.01. The molecule has 0 bridgehead atoms. The molecule has 0 amide bonds. The van der Waals surface area contributed by atoms with E-state index in [2.05, 4.69) is 22.2 Å². The number of nitrogen functional groups attached to an aromatic ring is 1. The van der Waals surface area contributed by atoms with E-state index in [1.54, 1.807) is 11.3 Å². The summed E-state index contributed by atoms with van der Waals surface area (Å²) in [5.41, 5.74) is 5.68. The van der Waals surface area contributed by atoms with E-state index in [-0.39, 0.29) is 0 Å². The second-order valence-corrected chi connectivity index (χ2v) is 5.84. The molecule has 0 atom stereocenters. The van der Waals surface area contributed by atoms with Gasteiger partial charge < -0.3 is 11.1 Å². The minimum Gasteiger partial charge on any atom is -0.369 e. The molecule has 0 aromatic carbocycles. The molecule has 0 unspecified atom stereocenters. The van der Waals surface area contributed by atoms with Gasteiger partial charge in [0.1, 0.15) is 10.6 Å². The Morgan fingerprint density at radius 1 is 1.47 bits per heavy atom. The van der Waals surface area contributed by atoms with E-state index in [9.17, 15) is 0 Å². The van der Waals surface area contributed by atoms with Gasteiger partial charge in [0.15, 0.2) is 0 Å². The maximum Gasteiger partial charge on any atom is 0.223 e. The van der Waals surface area contributed by atoms with Crippen LogP contribution in [-0.2, 0) is 0 Å². The molecule has 17 heavy (non-hydrogen) atoms. The molecule has 0 saturated heterocycles. The second kappa shape index (κ2) is 6.07. The second-order valence-electron chi connectivity index (χ2n) is 3.55. The maximum atomic E-state index is 5.68. The lowest BCUT2D eigenvalue weighted by Crippen LogP contribution is -2.06. The number of anilines is 2. The average molecular weight is 268 g/mol. The molecular weight excluding hydrogens is 252 g/mol. The van der Waals surface area contributed by atoms with E-state index in [0.717, 1.165) is 29.0 Å². The lowest BCUT2D eigenvalue weighted by Gasteiger charge is -2.06. The zero-order valence-corrected chi connectivity index (χ0v) is 11.4. The molecule has 2 heterocycles. The van der Waals surface area contributed by atoms with Crippen LogP contribution in [0.4, 0.5) is 11.8 Å². The molecule has 3 N–H and O–H groups in total. The number of hydrogen-bond donors (Lipinski definition) is 2. The summed E-state index contributed by atoms with van der Waals surface area (Å²) in [7, 11) is 0. The van der Waals surface area contributed by atoms with Crippen molar-refractivity contribution in [2.45, 2.75) is 13.3 Å². The minimum absolute atomic E-state index is 0.338. The number of rotatable bonds is 6. The van der Waals surface area contributed by atoms with Crippen molar-refractivity contribution >= 4 is 45.1 Å². The third kappa shape index (κ3) is 3.23. The first-order chi connectivity index (χ1) is 8.31. The SMILES string of the molecule is CCSCCCNc1nc(N)nc2sccc12. The number of nitrogens with one attached hydrogen (secondary N) is 1. The monoisotopic (exact) mass is 268 g/mol. The van der Waals surface area contributed by atoms with Crippen molar-refractivity contribution in [1.29, 1.82) is 0 Å². The van der Waals surface area contributed by atoms with E-state index in [4.69, 9.17) is 5.73 Å². The molecule has 2 aromatic rings. The van der Waals surface area contributed by atoms with Gasteiger partial charge in [0.05, 0.1) is 5.39 Å². The number of thiophene rings is 1. The third-order valence-electron chi connectivity index (χ3n) is 2.30. The fraction of sp³-hybridized carbons (Fsp3) is 0.455. The predicted molar refractivity (Wildman–Crippen MR) is 77.9 cm³/mol. The molecule has 2 rings (SSSR count). The quantitative estimate of drug-likeness (QED) is 0.789. The molecule has 92 valence electrons. The highest BCUT2D eigenvalue weighted by atomic mass is 32.2. The fourth-order valence-electron chi connectivity index (χ4n) is 1.53. The molecule has 0 aliphatic carbocycles. The van der Waals surface area contributed by atoms with Gasteiger partial charge in [-0.05, 0) is 29.4 Å². The van der Waals surface area contributed by atoms with Crippen molar-refractivity contribution in [3.8, 4) is 0 Å². The van der Waals surface area contributed by atoms with Crippen molar-refractivity contribution in [3.05, 3.63) is 11.4 Å². The molecule has 2 aromatic heterocycles. The van der Waals surface area contributed by atoms with Crippen LogP contribution in [-0.4, -0.2) is 28.0 Å². The fourth-order valence-corrected chi connectivity index (χ4v) is 2.94. The van der Waals surface area contributed by atoms with Gasteiger partial charge in [-0.1, -0.05) is 6.92 Å². The minimum atomic E-state index is 0.338. The summed E-state index contributed by atoms with van der Waals surface area (Å²) in [6.45, 7) is 3.10. The summed E-state index contributed by atoms with van der Waals surface area (Å²) < 4.78 is 0. The summed E-state index contributed by atoms with van der Waals surface area (Å²) in [5, 5.41) is 6.41. The largest absolute Gasteiger partial charge is 0.369 e. The molecule has 0 spiro atoms. The Kier molecular flexibility index (Phi) is 4.44. The molecular formula is C11H16N4S2. The van der Waals surface area contributed by atoms with Gasteiger partial charge in [0.25, 0.3) is 0 Å². The van der Waals surface area contributed by atoms with E-state index in [1.807, 2.05) is 23.2 Å². The lowest BCUT2D eigenvalue weighted by atomic mass is 10.3. The number of thioether (sulfide) groups is 1. The molecule has 6 heteroatoms. The molecule has 4 nitrogen and oxygen atoms in total. The average Bonchev–Trinajstić information content (AvgIpc) is 2.76. The first-order valence-corrected chi connectivity index (χ1v) is 7.67. The first-order valence-electron chi connectivity index (χ1n) is 5.63. The predicted octanol–water partition coefficient (Wildman–Crippen LogP) is 2.83. The number of hydrogen-bond acceptors (Lipinski definition) is 6. The van der Waals surface area contributed by atoms with Crippen molar-refractivity contribution in [1.82, 2.24) is 9.97 Å². The van der Waals surface area contributed by atoms with Crippen LogP contribution in [0.1, 0.15) is 13.3 Å². The van der Waals surface area contributed by atoms with Gasteiger partial charge >= 0.3 is 0 Å². The Balaban J connectivity index is 2.00. The van der Waals surface area contributed by atoms with Crippen LogP contribution in [0, 0.1) is 0 Å². The molecule has 0 radical (unpaired) electrons. The van der Waals surface area contributed by atoms with Crippen molar-refractivity contribution < 1.29 is 0 Å². The topological polar surface area (TPSA) is 63.8 Å². The van der Waals surface area contributed by atoms with Crippen LogP contribution in [0.15, 0.2) is 11.4 Å². The highest BCUT2D eigenvalue weighted by Crippen LogP contribution is 2.25. The Morgan fingerprint density at radius 2 is 2.35 bits per heavy atom. The Labute approximate surface area is 109 Å². The van der Waals surface area contributed by atoms with E-state index >= 15 is 0 Å². The molecule has 0 saturated carbocycles. The molecule has 0 aliphatic heterocycles. The highest BCUT2D eigenvalue weighted by Gasteiger charge is 2.06. The Morgan fingerprint density at radius 3 is 3.18 bits per heavy atom. The zero-order chi connectivity index (χ0) is 12.1. The normalized spacial score (nSPS) is 10.9. The van der Waals surface area contributed by atoms with Crippen molar-refractivity contribution in [3.63, 3.8) is 0 Å². The van der Waals surface area contributed by atoms with Crippen LogP contribution in [0.25, 0.3) is 10.2 Å². The highest BCUT2D eigenvalue weighted by molar-refractivity contribution is 7.99. The number of nitrogens with zero attached hydrogens (tertiary/aromatic N) is 2. The molecule has 0 fully saturated rings.